The molecule has 0 amide bonds. The van der Waals surface area contributed by atoms with Gasteiger partial charge < -0.3 is 4.74 Å². The Morgan fingerprint density at radius 2 is 2.05 bits per heavy atom. The van der Waals surface area contributed by atoms with Gasteiger partial charge in [0.05, 0.1) is 19.2 Å². The summed E-state index contributed by atoms with van der Waals surface area (Å²) in [5.41, 5.74) is 0.691. The molecule has 0 aliphatic carbocycles. The summed E-state index contributed by atoms with van der Waals surface area (Å²) in [4.78, 5) is 14.6. The van der Waals surface area contributed by atoms with E-state index in [1.165, 1.54) is 6.42 Å². The van der Waals surface area contributed by atoms with Gasteiger partial charge in [0.15, 0.2) is 5.78 Å². The van der Waals surface area contributed by atoms with Crippen LogP contribution < -0.4 is 4.74 Å². The van der Waals surface area contributed by atoms with Crippen LogP contribution in [0.25, 0.3) is 0 Å². The SMILES string of the molecule is COc1ccccc1C(=O)CN1CCC(C)C(C)C1. The molecule has 3 nitrogen and oxygen atoms in total. The molecule has 1 saturated heterocycles. The Hall–Kier alpha value is -1.35. The maximum Gasteiger partial charge on any atom is 0.180 e. The van der Waals surface area contributed by atoms with Crippen molar-refractivity contribution in [2.75, 3.05) is 26.7 Å². The predicted octanol–water partition coefficient (Wildman–Crippen LogP) is 2.86. The van der Waals surface area contributed by atoms with E-state index in [0.29, 0.717) is 23.8 Å². The number of Topliss-reactive ketones (excluding diaryl/α,β-unsaturated/α-hetero) is 1. The van der Waals surface area contributed by atoms with E-state index in [9.17, 15) is 4.79 Å². The number of methoxy groups -OCH3 is 1. The molecule has 1 heterocycles. The normalized spacial score (nSPS) is 24.2. The number of carbonyl (C=O) groups excluding carboxylic acids is 1. The van der Waals surface area contributed by atoms with Crippen LogP contribution in [0.3, 0.4) is 0 Å². The Labute approximate surface area is 115 Å². The van der Waals surface area contributed by atoms with Crippen molar-refractivity contribution in [2.45, 2.75) is 20.3 Å². The molecular formula is C16H23NO2. The van der Waals surface area contributed by atoms with E-state index in [4.69, 9.17) is 4.74 Å². The first-order valence-electron chi connectivity index (χ1n) is 7.00. The molecule has 1 fully saturated rings. The number of piperidine rings is 1. The molecule has 0 bridgehead atoms. The van der Waals surface area contributed by atoms with Crippen LogP contribution in [0.2, 0.25) is 0 Å². The fraction of sp³-hybridized carbons (Fsp3) is 0.562. The van der Waals surface area contributed by atoms with Gasteiger partial charge in [0.25, 0.3) is 0 Å². The number of rotatable bonds is 4. The lowest BCUT2D eigenvalue weighted by atomic mass is 9.88. The highest BCUT2D eigenvalue weighted by Gasteiger charge is 2.24. The van der Waals surface area contributed by atoms with Gasteiger partial charge in [0, 0.05) is 6.54 Å². The molecule has 1 aromatic rings. The second kappa shape index (κ2) is 6.20. The summed E-state index contributed by atoms with van der Waals surface area (Å²) in [7, 11) is 1.61. The van der Waals surface area contributed by atoms with E-state index in [1.807, 2.05) is 24.3 Å². The Balaban J connectivity index is 2.01. The molecule has 0 radical (unpaired) electrons. The zero-order valence-electron chi connectivity index (χ0n) is 12.1. The number of likely N-dealkylation sites (tertiary alicyclic amines) is 1. The van der Waals surface area contributed by atoms with Crippen molar-refractivity contribution in [3.05, 3.63) is 29.8 Å². The van der Waals surface area contributed by atoms with Crippen molar-refractivity contribution in [1.82, 2.24) is 4.90 Å². The van der Waals surface area contributed by atoms with Gasteiger partial charge in [-0.1, -0.05) is 26.0 Å². The van der Waals surface area contributed by atoms with Crippen molar-refractivity contribution in [3.8, 4) is 5.75 Å². The molecule has 2 atom stereocenters. The van der Waals surface area contributed by atoms with Crippen LogP contribution in [0.5, 0.6) is 5.75 Å². The summed E-state index contributed by atoms with van der Waals surface area (Å²) in [6.45, 7) is 7.10. The number of hydrogen-bond acceptors (Lipinski definition) is 3. The maximum absolute atomic E-state index is 12.4. The van der Waals surface area contributed by atoms with E-state index in [0.717, 1.165) is 19.0 Å². The summed E-state index contributed by atoms with van der Waals surface area (Å²) in [6.07, 6.45) is 1.18. The smallest absolute Gasteiger partial charge is 0.180 e. The maximum atomic E-state index is 12.4. The highest BCUT2D eigenvalue weighted by atomic mass is 16.5. The van der Waals surface area contributed by atoms with Gasteiger partial charge in [-0.25, -0.2) is 0 Å². The minimum Gasteiger partial charge on any atom is -0.496 e. The Morgan fingerprint density at radius 1 is 1.32 bits per heavy atom. The van der Waals surface area contributed by atoms with Crippen molar-refractivity contribution in [3.63, 3.8) is 0 Å². The average Bonchev–Trinajstić information content (AvgIpc) is 2.43. The van der Waals surface area contributed by atoms with Crippen molar-refractivity contribution < 1.29 is 9.53 Å². The number of nitrogens with zero attached hydrogens (tertiary/aromatic N) is 1. The number of benzene rings is 1. The minimum atomic E-state index is 0.152. The van der Waals surface area contributed by atoms with Gasteiger partial charge >= 0.3 is 0 Å². The fourth-order valence-corrected chi connectivity index (χ4v) is 2.66. The Bertz CT molecular complexity index is 444. The van der Waals surface area contributed by atoms with Crippen molar-refractivity contribution in [2.24, 2.45) is 11.8 Å². The van der Waals surface area contributed by atoms with Gasteiger partial charge in [-0.15, -0.1) is 0 Å². The van der Waals surface area contributed by atoms with Crippen molar-refractivity contribution >= 4 is 5.78 Å². The lowest BCUT2D eigenvalue weighted by molar-refractivity contribution is 0.0846. The zero-order valence-corrected chi connectivity index (χ0v) is 12.1. The van der Waals surface area contributed by atoms with Gasteiger partial charge in [-0.2, -0.15) is 0 Å². The average molecular weight is 261 g/mol. The lowest BCUT2D eigenvalue weighted by Gasteiger charge is -2.34. The van der Waals surface area contributed by atoms with E-state index in [-0.39, 0.29) is 5.78 Å². The zero-order chi connectivity index (χ0) is 13.8. The third-order valence-electron chi connectivity index (χ3n) is 4.19. The second-order valence-corrected chi connectivity index (χ2v) is 5.60. The van der Waals surface area contributed by atoms with Gasteiger partial charge in [-0.3, -0.25) is 9.69 Å². The fourth-order valence-electron chi connectivity index (χ4n) is 2.66. The topological polar surface area (TPSA) is 29.5 Å². The number of ether oxygens (including phenoxy) is 1. The number of ketones is 1. The van der Waals surface area contributed by atoms with Crippen LogP contribution in [0.1, 0.15) is 30.6 Å². The van der Waals surface area contributed by atoms with E-state index in [2.05, 4.69) is 18.7 Å². The van der Waals surface area contributed by atoms with E-state index >= 15 is 0 Å². The number of para-hydroxylation sites is 1. The second-order valence-electron chi connectivity index (χ2n) is 5.60. The van der Waals surface area contributed by atoms with Crippen LogP contribution in [0.4, 0.5) is 0 Å². The van der Waals surface area contributed by atoms with Crippen LogP contribution in [0, 0.1) is 11.8 Å². The molecule has 104 valence electrons. The van der Waals surface area contributed by atoms with E-state index < -0.39 is 0 Å². The minimum absolute atomic E-state index is 0.152. The van der Waals surface area contributed by atoms with Crippen molar-refractivity contribution in [1.29, 1.82) is 0 Å². The quantitative estimate of drug-likeness (QED) is 0.781. The molecule has 3 heteroatoms. The number of hydrogen-bond donors (Lipinski definition) is 0. The lowest BCUT2D eigenvalue weighted by Crippen LogP contribution is -2.41. The van der Waals surface area contributed by atoms with Gasteiger partial charge in [0.2, 0.25) is 0 Å². The molecule has 19 heavy (non-hydrogen) atoms. The van der Waals surface area contributed by atoms with E-state index in [1.54, 1.807) is 7.11 Å². The monoisotopic (exact) mass is 261 g/mol. The molecule has 0 N–H and O–H groups in total. The standard InChI is InChI=1S/C16H23NO2/c1-12-8-9-17(10-13(12)2)11-15(18)14-6-4-5-7-16(14)19-3/h4-7,12-13H,8-11H2,1-3H3. The Kier molecular flexibility index (Phi) is 4.59. The van der Waals surface area contributed by atoms with Gasteiger partial charge in [0.1, 0.15) is 5.75 Å². The molecular weight excluding hydrogens is 238 g/mol. The van der Waals surface area contributed by atoms with Crippen LogP contribution in [0.15, 0.2) is 24.3 Å². The molecule has 1 aromatic carbocycles. The predicted molar refractivity (Wildman–Crippen MR) is 76.7 cm³/mol. The molecule has 2 unspecified atom stereocenters. The van der Waals surface area contributed by atoms with Crippen LogP contribution >= 0.6 is 0 Å². The number of carbonyl (C=O) groups is 1. The summed E-state index contributed by atoms with van der Waals surface area (Å²) < 4.78 is 5.25. The summed E-state index contributed by atoms with van der Waals surface area (Å²) >= 11 is 0. The Morgan fingerprint density at radius 3 is 2.74 bits per heavy atom. The first-order chi connectivity index (χ1) is 9.11. The first kappa shape index (κ1) is 14.1. The van der Waals surface area contributed by atoms with Gasteiger partial charge in [-0.05, 0) is 36.9 Å². The highest BCUT2D eigenvalue weighted by molar-refractivity contribution is 6.00. The van der Waals surface area contributed by atoms with Crippen LogP contribution in [-0.4, -0.2) is 37.4 Å². The molecule has 0 saturated carbocycles. The third kappa shape index (κ3) is 3.35. The molecule has 2 rings (SSSR count). The largest absolute Gasteiger partial charge is 0.496 e. The summed E-state index contributed by atoms with van der Waals surface area (Å²) in [6, 6.07) is 7.46. The molecule has 1 aliphatic heterocycles. The van der Waals surface area contributed by atoms with Crippen LogP contribution in [-0.2, 0) is 0 Å². The summed E-state index contributed by atoms with van der Waals surface area (Å²) in [5.74, 6) is 2.25. The molecule has 0 spiro atoms. The molecule has 0 aromatic heterocycles. The highest BCUT2D eigenvalue weighted by Crippen LogP contribution is 2.23. The summed E-state index contributed by atoms with van der Waals surface area (Å²) in [5, 5.41) is 0. The first-order valence-corrected chi connectivity index (χ1v) is 7.00. The molecule has 1 aliphatic rings. The third-order valence-corrected chi connectivity index (χ3v) is 4.19.